The molecule has 0 aromatic rings. The van der Waals surface area contributed by atoms with Crippen molar-refractivity contribution in [3.63, 3.8) is 0 Å². The molecule has 0 saturated carbocycles. The Morgan fingerprint density at radius 3 is 1.78 bits per heavy atom. The Bertz CT molecular complexity index is 115. The summed E-state index contributed by atoms with van der Waals surface area (Å²) in [6.07, 6.45) is 1.43. The quantitative estimate of drug-likeness (QED) is 0.478. The fourth-order valence-electron chi connectivity index (χ4n) is 0.585. The van der Waals surface area contributed by atoms with Gasteiger partial charge in [-0.2, -0.15) is 0 Å². The van der Waals surface area contributed by atoms with Crippen molar-refractivity contribution in [1.82, 2.24) is 0 Å². The van der Waals surface area contributed by atoms with E-state index in [1.165, 1.54) is 0 Å². The molecule has 3 heteroatoms. The summed E-state index contributed by atoms with van der Waals surface area (Å²) in [5, 5.41) is 18.5. The van der Waals surface area contributed by atoms with Crippen molar-refractivity contribution in [1.29, 1.82) is 10.5 Å². The van der Waals surface area contributed by atoms with Gasteiger partial charge in [0.1, 0.15) is 0 Å². The van der Waals surface area contributed by atoms with Gasteiger partial charge in [-0.1, -0.05) is 0 Å². The first-order chi connectivity index (χ1) is 4.41. The molecule has 0 amide bonds. The first-order valence-corrected chi connectivity index (χ1v) is 7.35. The van der Waals surface area contributed by atoms with Gasteiger partial charge in [0, 0.05) is 0 Å². The molecule has 9 heavy (non-hydrogen) atoms. The summed E-state index contributed by atoms with van der Waals surface area (Å²) in [6.45, 7) is 0. The summed E-state index contributed by atoms with van der Waals surface area (Å²) in [5.74, 6) is 0. The van der Waals surface area contributed by atoms with Gasteiger partial charge in [0.2, 0.25) is 0 Å². The first kappa shape index (κ1) is 8.52. The molecule has 0 spiro atoms. The third-order valence-corrected chi connectivity index (χ3v) is 4.66. The van der Waals surface area contributed by atoms with Gasteiger partial charge in [-0.3, -0.25) is 0 Å². The van der Waals surface area contributed by atoms with E-state index in [0.29, 0.717) is 12.8 Å². The molecule has 0 unspecified atom stereocenters. The SMILES string of the molecule is N#CC[CH2][GeH2][CH2]CC#N. The van der Waals surface area contributed by atoms with Crippen LogP contribution in [-0.4, -0.2) is 15.4 Å². The average molecular weight is 183 g/mol. The Labute approximate surface area is 61.9 Å². The Balaban J connectivity index is 2.79. The summed E-state index contributed by atoms with van der Waals surface area (Å²) in [5.41, 5.74) is 0. The van der Waals surface area contributed by atoms with Crippen molar-refractivity contribution in [2.75, 3.05) is 0 Å². The first-order valence-electron chi connectivity index (χ1n) is 3.15. The Kier molecular flexibility index (Phi) is 7.12. The van der Waals surface area contributed by atoms with Crippen LogP contribution in [-0.2, 0) is 0 Å². The molecule has 0 heterocycles. The number of rotatable bonds is 4. The monoisotopic (exact) mass is 184 g/mol. The van der Waals surface area contributed by atoms with Crippen molar-refractivity contribution < 1.29 is 0 Å². The van der Waals surface area contributed by atoms with E-state index in [0.717, 1.165) is 10.5 Å². The van der Waals surface area contributed by atoms with Gasteiger partial charge in [-0.05, 0) is 0 Å². The molecular formula is C6H10GeN2. The van der Waals surface area contributed by atoms with Gasteiger partial charge in [0.15, 0.2) is 0 Å². The van der Waals surface area contributed by atoms with E-state index in [1.54, 1.807) is 0 Å². The zero-order chi connectivity index (χ0) is 6.95. The van der Waals surface area contributed by atoms with Crippen molar-refractivity contribution in [2.24, 2.45) is 0 Å². The Morgan fingerprint density at radius 1 is 1.00 bits per heavy atom. The molecule has 0 fully saturated rings. The Morgan fingerprint density at radius 2 is 1.44 bits per heavy atom. The average Bonchev–Trinajstić information content (AvgIpc) is 1.89. The van der Waals surface area contributed by atoms with Crippen molar-refractivity contribution in [2.45, 2.75) is 23.3 Å². The van der Waals surface area contributed by atoms with Crippen LogP contribution in [0, 0.1) is 22.7 Å². The number of nitriles is 2. The summed E-state index contributed by atoms with van der Waals surface area (Å²) in [4.78, 5) is 0. The molecule has 48 valence electrons. The summed E-state index contributed by atoms with van der Waals surface area (Å²) < 4.78 is 0. The third-order valence-electron chi connectivity index (χ3n) is 1.08. The van der Waals surface area contributed by atoms with E-state index in [2.05, 4.69) is 12.1 Å². The van der Waals surface area contributed by atoms with Crippen LogP contribution < -0.4 is 0 Å². The fourth-order valence-corrected chi connectivity index (χ4v) is 3.04. The van der Waals surface area contributed by atoms with Crippen molar-refractivity contribution in [3.05, 3.63) is 0 Å². The second kappa shape index (κ2) is 7.52. The molecule has 0 aliphatic carbocycles. The Hall–Kier alpha value is -0.477. The van der Waals surface area contributed by atoms with E-state index in [9.17, 15) is 0 Å². The van der Waals surface area contributed by atoms with Crippen LogP contribution in [0.25, 0.3) is 0 Å². The van der Waals surface area contributed by atoms with Crippen LogP contribution in [0.2, 0.25) is 10.5 Å². The molecule has 0 saturated heterocycles. The van der Waals surface area contributed by atoms with Gasteiger partial charge < -0.3 is 0 Å². The fraction of sp³-hybridized carbons (Fsp3) is 0.667. The maximum absolute atomic E-state index is 8.14. The van der Waals surface area contributed by atoms with Gasteiger partial charge in [-0.15, -0.1) is 0 Å². The van der Waals surface area contributed by atoms with Crippen LogP contribution in [0.3, 0.4) is 0 Å². The van der Waals surface area contributed by atoms with E-state index in [4.69, 9.17) is 10.5 Å². The minimum atomic E-state index is -0.430. The van der Waals surface area contributed by atoms with Crippen LogP contribution in [0.5, 0.6) is 0 Å². The van der Waals surface area contributed by atoms with Crippen LogP contribution in [0.15, 0.2) is 0 Å². The second-order valence-corrected chi connectivity index (χ2v) is 6.33. The van der Waals surface area contributed by atoms with Crippen LogP contribution >= 0.6 is 0 Å². The number of hydrogen-bond acceptors (Lipinski definition) is 2. The molecule has 0 radical (unpaired) electrons. The minimum absolute atomic E-state index is 0.430. The normalized spacial score (nSPS) is 7.78. The molecule has 0 N–H and O–H groups in total. The van der Waals surface area contributed by atoms with Crippen LogP contribution in [0.4, 0.5) is 0 Å². The van der Waals surface area contributed by atoms with E-state index >= 15 is 0 Å². The second-order valence-electron chi connectivity index (χ2n) is 1.88. The predicted molar refractivity (Wildman–Crippen MR) is 38.6 cm³/mol. The topological polar surface area (TPSA) is 47.6 Å². The molecular weight excluding hydrogens is 173 g/mol. The predicted octanol–water partition coefficient (Wildman–Crippen LogP) is 0.819. The number of nitrogens with zero attached hydrogens (tertiary/aromatic N) is 2. The standard InChI is InChI=1S/C6H10GeN2/c8-5-1-3-7-4-2-6-9/h1-4,7H2. The van der Waals surface area contributed by atoms with Gasteiger partial charge >= 0.3 is 61.4 Å². The molecule has 0 aliphatic heterocycles. The van der Waals surface area contributed by atoms with Crippen molar-refractivity contribution in [3.8, 4) is 12.1 Å². The summed E-state index contributed by atoms with van der Waals surface area (Å²) in [7, 11) is 0. The van der Waals surface area contributed by atoms with E-state index in [1.807, 2.05) is 0 Å². The molecule has 0 atom stereocenters. The molecule has 0 bridgehead atoms. The van der Waals surface area contributed by atoms with Gasteiger partial charge in [0.05, 0.1) is 0 Å². The van der Waals surface area contributed by atoms with E-state index in [-0.39, 0.29) is 0 Å². The number of hydrogen-bond donors (Lipinski definition) is 0. The molecule has 0 aliphatic rings. The molecule has 0 aromatic carbocycles. The van der Waals surface area contributed by atoms with Crippen LogP contribution in [0.1, 0.15) is 12.8 Å². The zero-order valence-corrected chi connectivity index (χ0v) is 8.40. The van der Waals surface area contributed by atoms with E-state index < -0.39 is 15.4 Å². The van der Waals surface area contributed by atoms with Gasteiger partial charge in [-0.25, -0.2) is 0 Å². The zero-order valence-electron chi connectivity index (χ0n) is 5.43. The summed E-state index contributed by atoms with van der Waals surface area (Å²) >= 11 is -0.430. The molecule has 0 rings (SSSR count). The molecule has 0 aromatic heterocycles. The van der Waals surface area contributed by atoms with Crippen molar-refractivity contribution >= 4 is 15.4 Å². The van der Waals surface area contributed by atoms with Gasteiger partial charge in [0.25, 0.3) is 0 Å². The third kappa shape index (κ3) is 7.52. The molecule has 2 nitrogen and oxygen atoms in total. The maximum atomic E-state index is 8.14. The summed E-state index contributed by atoms with van der Waals surface area (Å²) in [6, 6.07) is 4.22.